The summed E-state index contributed by atoms with van der Waals surface area (Å²) in [5, 5.41) is 17.1. The molecule has 0 aliphatic rings. The van der Waals surface area contributed by atoms with E-state index in [2.05, 4.69) is 22.5 Å². The topological polar surface area (TPSA) is 143 Å². The quantitative estimate of drug-likeness (QED) is 0.253. The van der Waals surface area contributed by atoms with E-state index in [4.69, 9.17) is 9.47 Å². The third-order valence-corrected chi connectivity index (χ3v) is 4.43. The second-order valence-corrected chi connectivity index (χ2v) is 8.60. The lowest BCUT2D eigenvalue weighted by atomic mass is 10.0. The zero-order valence-electron chi connectivity index (χ0n) is 20.0. The highest BCUT2D eigenvalue weighted by Crippen LogP contribution is 2.08. The Hall–Kier alpha value is -3.56. The van der Waals surface area contributed by atoms with E-state index in [1.54, 1.807) is 45.0 Å². The normalized spacial score (nSPS) is 12.6. The number of ether oxygens (including phenoxy) is 2. The number of aliphatic carboxylic acids is 1. The Balaban J connectivity index is 2.64. The minimum Gasteiger partial charge on any atom is -0.480 e. The van der Waals surface area contributed by atoms with Crippen LogP contribution in [0.2, 0.25) is 0 Å². The fraction of sp³-hybridized carbons (Fsp3) is 0.500. The van der Waals surface area contributed by atoms with Crippen LogP contribution in [0.25, 0.3) is 0 Å². The second-order valence-electron chi connectivity index (χ2n) is 8.60. The van der Waals surface area contributed by atoms with Crippen molar-refractivity contribution in [1.29, 1.82) is 0 Å². The molecule has 10 nitrogen and oxygen atoms in total. The van der Waals surface area contributed by atoms with Crippen LogP contribution in [0.15, 0.2) is 43.0 Å². The Kier molecular flexibility index (Phi) is 12.2. The van der Waals surface area contributed by atoms with E-state index in [0.717, 1.165) is 5.56 Å². The fourth-order valence-electron chi connectivity index (χ4n) is 2.89. The van der Waals surface area contributed by atoms with Gasteiger partial charge in [-0.05, 0) is 45.6 Å². The van der Waals surface area contributed by atoms with Crippen molar-refractivity contribution in [3.8, 4) is 0 Å². The van der Waals surface area contributed by atoms with E-state index in [0.29, 0.717) is 19.4 Å². The molecule has 0 fully saturated rings. The SMILES string of the molecule is C=CCOC(=O)NC(Cc1ccccc1)C(=O)NC(CCCCNC(=O)OC(C)(C)C)C(=O)O. The summed E-state index contributed by atoms with van der Waals surface area (Å²) < 4.78 is 10.0. The van der Waals surface area contributed by atoms with Crippen LogP contribution < -0.4 is 16.0 Å². The molecule has 0 spiro atoms. The summed E-state index contributed by atoms with van der Waals surface area (Å²) in [6.45, 7) is 9.01. The van der Waals surface area contributed by atoms with Crippen molar-refractivity contribution in [2.75, 3.05) is 13.2 Å². The van der Waals surface area contributed by atoms with Crippen LogP contribution in [0.4, 0.5) is 9.59 Å². The van der Waals surface area contributed by atoms with Crippen LogP contribution in [0.3, 0.4) is 0 Å². The summed E-state index contributed by atoms with van der Waals surface area (Å²) >= 11 is 0. The third kappa shape index (κ3) is 12.5. The van der Waals surface area contributed by atoms with E-state index < -0.39 is 41.7 Å². The van der Waals surface area contributed by atoms with Gasteiger partial charge in [-0.3, -0.25) is 4.79 Å². The largest absolute Gasteiger partial charge is 0.480 e. The summed E-state index contributed by atoms with van der Waals surface area (Å²) in [7, 11) is 0. The van der Waals surface area contributed by atoms with Gasteiger partial charge in [0.15, 0.2) is 0 Å². The number of carbonyl (C=O) groups excluding carboxylic acids is 3. The molecule has 1 aromatic rings. The van der Waals surface area contributed by atoms with Crippen LogP contribution in [0, 0.1) is 0 Å². The van der Waals surface area contributed by atoms with Crippen molar-refractivity contribution in [2.24, 2.45) is 0 Å². The Bertz CT molecular complexity index is 822. The highest BCUT2D eigenvalue weighted by molar-refractivity contribution is 5.89. The summed E-state index contributed by atoms with van der Waals surface area (Å²) in [5.74, 6) is -1.83. The number of unbranched alkanes of at least 4 members (excludes halogenated alkanes) is 1. The molecule has 0 radical (unpaired) electrons. The molecule has 2 unspecified atom stereocenters. The highest BCUT2D eigenvalue weighted by atomic mass is 16.6. The number of carbonyl (C=O) groups is 4. The van der Waals surface area contributed by atoms with Gasteiger partial charge in [0.25, 0.3) is 0 Å². The molecule has 4 N–H and O–H groups in total. The van der Waals surface area contributed by atoms with Crippen molar-refractivity contribution in [1.82, 2.24) is 16.0 Å². The Labute approximate surface area is 200 Å². The van der Waals surface area contributed by atoms with Crippen LogP contribution >= 0.6 is 0 Å². The third-order valence-electron chi connectivity index (χ3n) is 4.43. The fourth-order valence-corrected chi connectivity index (χ4v) is 2.89. The molecule has 3 amide bonds. The van der Waals surface area contributed by atoms with Crippen molar-refractivity contribution < 1.29 is 33.8 Å². The van der Waals surface area contributed by atoms with Gasteiger partial charge in [0, 0.05) is 13.0 Å². The molecule has 188 valence electrons. The van der Waals surface area contributed by atoms with E-state index >= 15 is 0 Å². The minimum absolute atomic E-state index is 0.0272. The van der Waals surface area contributed by atoms with Gasteiger partial charge in [0.2, 0.25) is 5.91 Å². The number of alkyl carbamates (subject to hydrolysis) is 2. The lowest BCUT2D eigenvalue weighted by Crippen LogP contribution is -2.52. The smallest absolute Gasteiger partial charge is 0.408 e. The zero-order chi connectivity index (χ0) is 25.6. The van der Waals surface area contributed by atoms with Gasteiger partial charge in [0.05, 0.1) is 0 Å². The first-order chi connectivity index (χ1) is 16.0. The Morgan fingerprint density at radius 1 is 1.03 bits per heavy atom. The van der Waals surface area contributed by atoms with E-state index in [1.807, 2.05) is 6.07 Å². The van der Waals surface area contributed by atoms with Gasteiger partial charge < -0.3 is 30.5 Å². The first-order valence-electron chi connectivity index (χ1n) is 11.1. The summed E-state index contributed by atoms with van der Waals surface area (Å²) in [4.78, 5) is 48.2. The number of nitrogens with one attached hydrogen (secondary N) is 3. The van der Waals surface area contributed by atoms with Crippen LogP contribution in [0.1, 0.15) is 45.6 Å². The number of rotatable bonds is 13. The molecule has 0 bridgehead atoms. The number of hydrogen-bond acceptors (Lipinski definition) is 6. The van der Waals surface area contributed by atoms with Crippen molar-refractivity contribution in [3.63, 3.8) is 0 Å². The molecule has 10 heteroatoms. The van der Waals surface area contributed by atoms with E-state index in [-0.39, 0.29) is 19.4 Å². The lowest BCUT2D eigenvalue weighted by molar-refractivity contribution is -0.142. The molecule has 0 aliphatic carbocycles. The average Bonchev–Trinajstić information content (AvgIpc) is 2.75. The van der Waals surface area contributed by atoms with Crippen molar-refractivity contribution in [3.05, 3.63) is 48.6 Å². The molecule has 1 rings (SSSR count). The molecular weight excluding hydrogens is 442 g/mol. The van der Waals surface area contributed by atoms with E-state index in [9.17, 15) is 24.3 Å². The maximum atomic E-state index is 12.8. The Morgan fingerprint density at radius 3 is 2.29 bits per heavy atom. The first-order valence-corrected chi connectivity index (χ1v) is 11.1. The minimum atomic E-state index is -1.19. The van der Waals surface area contributed by atoms with Crippen LogP contribution in [-0.2, 0) is 25.5 Å². The van der Waals surface area contributed by atoms with Gasteiger partial charge in [-0.25, -0.2) is 14.4 Å². The summed E-state index contributed by atoms with van der Waals surface area (Å²) in [5.41, 5.74) is 0.178. The van der Waals surface area contributed by atoms with Gasteiger partial charge in [-0.2, -0.15) is 0 Å². The first kappa shape index (κ1) is 28.5. The number of hydrogen-bond donors (Lipinski definition) is 4. The molecule has 0 aliphatic heterocycles. The molecule has 0 heterocycles. The predicted molar refractivity (Wildman–Crippen MR) is 126 cm³/mol. The molecule has 1 aromatic carbocycles. The van der Waals surface area contributed by atoms with Gasteiger partial charge in [0.1, 0.15) is 24.3 Å². The van der Waals surface area contributed by atoms with Gasteiger partial charge >= 0.3 is 18.2 Å². The van der Waals surface area contributed by atoms with E-state index in [1.165, 1.54) is 6.08 Å². The number of carboxylic acids is 1. The Morgan fingerprint density at radius 2 is 1.71 bits per heavy atom. The second kappa shape index (κ2) is 14.6. The maximum absolute atomic E-state index is 12.8. The molecule has 0 saturated carbocycles. The molecule has 34 heavy (non-hydrogen) atoms. The summed E-state index contributed by atoms with van der Waals surface area (Å²) in [6, 6.07) is 6.82. The monoisotopic (exact) mass is 477 g/mol. The highest BCUT2D eigenvalue weighted by Gasteiger charge is 2.27. The van der Waals surface area contributed by atoms with Gasteiger partial charge in [-0.15, -0.1) is 0 Å². The molecule has 0 saturated heterocycles. The number of benzene rings is 1. The maximum Gasteiger partial charge on any atom is 0.408 e. The molecule has 2 atom stereocenters. The van der Waals surface area contributed by atoms with Crippen molar-refractivity contribution in [2.45, 2.75) is 64.1 Å². The predicted octanol–water partition coefficient (Wildman–Crippen LogP) is 2.77. The lowest BCUT2D eigenvalue weighted by Gasteiger charge is -2.21. The van der Waals surface area contributed by atoms with Crippen LogP contribution in [0.5, 0.6) is 0 Å². The van der Waals surface area contributed by atoms with Gasteiger partial charge in [-0.1, -0.05) is 43.0 Å². The average molecular weight is 478 g/mol. The number of amides is 3. The van der Waals surface area contributed by atoms with Crippen molar-refractivity contribution >= 4 is 24.1 Å². The zero-order valence-corrected chi connectivity index (χ0v) is 20.0. The molecule has 0 aromatic heterocycles. The standard InChI is InChI=1S/C24H35N3O7/c1-5-15-33-23(32)27-19(16-17-11-7-6-8-12-17)20(28)26-18(21(29)30)13-9-10-14-25-22(31)34-24(2,3)4/h5-8,11-12,18-19H,1,9-10,13-16H2,2-4H3,(H,25,31)(H,26,28)(H,27,32)(H,29,30). The van der Waals surface area contributed by atoms with Crippen LogP contribution in [-0.4, -0.2) is 60.0 Å². The molecular formula is C24H35N3O7. The summed E-state index contributed by atoms with van der Waals surface area (Å²) in [6.07, 6.45) is 1.27. The number of carboxylic acid groups (broad SMARTS) is 1.